The van der Waals surface area contributed by atoms with Crippen LogP contribution in [0.2, 0.25) is 0 Å². The van der Waals surface area contributed by atoms with Gasteiger partial charge in [0, 0.05) is 18.3 Å². The maximum absolute atomic E-state index is 12.5. The highest BCUT2D eigenvalue weighted by Crippen LogP contribution is 2.31. The lowest BCUT2D eigenvalue weighted by Crippen LogP contribution is -2.29. The number of carbonyl (C=O) groups is 2. The summed E-state index contributed by atoms with van der Waals surface area (Å²) in [5.41, 5.74) is 3.68. The summed E-state index contributed by atoms with van der Waals surface area (Å²) in [6, 6.07) is 8.47. The van der Waals surface area contributed by atoms with Crippen LogP contribution in [-0.4, -0.2) is 24.3 Å². The summed E-state index contributed by atoms with van der Waals surface area (Å²) in [6.45, 7) is 4.20. The van der Waals surface area contributed by atoms with Crippen LogP contribution in [-0.2, 0) is 14.3 Å². The van der Waals surface area contributed by atoms with Crippen LogP contribution in [0, 0.1) is 18.8 Å². The first kappa shape index (κ1) is 23.0. The van der Waals surface area contributed by atoms with Crippen LogP contribution in [0.25, 0.3) is 5.57 Å². The van der Waals surface area contributed by atoms with Gasteiger partial charge in [-0.2, -0.15) is 0 Å². The van der Waals surface area contributed by atoms with E-state index >= 15 is 0 Å². The normalized spacial score (nSPS) is 24.2. The molecule has 0 aliphatic heterocycles. The number of rotatable bonds is 7. The van der Waals surface area contributed by atoms with Crippen molar-refractivity contribution in [3.63, 3.8) is 0 Å². The van der Waals surface area contributed by atoms with Crippen LogP contribution in [0.5, 0.6) is 0 Å². The van der Waals surface area contributed by atoms with Gasteiger partial charge in [-0.3, -0.25) is 9.59 Å². The number of carbonyl (C=O) groups excluding carboxylic acids is 2. The van der Waals surface area contributed by atoms with E-state index in [1.807, 2.05) is 6.92 Å². The number of benzene rings is 1. The molecular formula is C24H31IO3. The lowest BCUT2D eigenvalue weighted by molar-refractivity contribution is -0.132. The highest BCUT2D eigenvalue weighted by molar-refractivity contribution is 14.0. The highest BCUT2D eigenvalue weighted by atomic mass is 127. The quantitative estimate of drug-likeness (QED) is 0.457. The molecule has 0 radical (unpaired) electrons. The Morgan fingerprint density at radius 2 is 1.75 bits per heavy atom. The molecule has 4 heteroatoms. The predicted molar refractivity (Wildman–Crippen MR) is 124 cm³/mol. The second-order valence-electron chi connectivity index (χ2n) is 7.81. The van der Waals surface area contributed by atoms with E-state index in [2.05, 4.69) is 49.4 Å². The fourth-order valence-corrected chi connectivity index (χ4v) is 4.10. The first-order valence-corrected chi connectivity index (χ1v) is 10.2. The summed E-state index contributed by atoms with van der Waals surface area (Å²) in [6.07, 6.45) is 11.1. The summed E-state index contributed by atoms with van der Waals surface area (Å²) in [5.74, 6) is 0.781. The molecule has 1 aromatic carbocycles. The minimum atomic E-state index is -0.0273. The fourth-order valence-electron chi connectivity index (χ4n) is 4.10. The Labute approximate surface area is 185 Å². The van der Waals surface area contributed by atoms with Gasteiger partial charge in [-0.1, -0.05) is 55.0 Å². The van der Waals surface area contributed by atoms with Crippen molar-refractivity contribution in [2.45, 2.75) is 58.5 Å². The SMILES string of the molecule is CCC(=O)C1CCC(C(=O)COC2C=CC(c3cccc(C)c3)=CC2)CC1.I. The molecular weight excluding hydrogens is 463 g/mol. The van der Waals surface area contributed by atoms with Gasteiger partial charge in [-0.25, -0.2) is 0 Å². The number of halogens is 1. The number of Topliss-reactive ketones (excluding diaryl/α,β-unsaturated/α-hetero) is 2. The van der Waals surface area contributed by atoms with Crippen molar-refractivity contribution in [1.82, 2.24) is 0 Å². The summed E-state index contributed by atoms with van der Waals surface area (Å²) in [5, 5.41) is 0. The van der Waals surface area contributed by atoms with Crippen LogP contribution in [0.1, 0.15) is 56.6 Å². The maximum Gasteiger partial charge on any atom is 0.161 e. The fraction of sp³-hybridized carbons (Fsp3) is 0.500. The van der Waals surface area contributed by atoms with E-state index in [1.165, 1.54) is 16.7 Å². The van der Waals surface area contributed by atoms with Gasteiger partial charge in [0.05, 0.1) is 6.10 Å². The lowest BCUT2D eigenvalue weighted by Gasteiger charge is -2.27. The molecule has 2 aliphatic carbocycles. The summed E-state index contributed by atoms with van der Waals surface area (Å²) >= 11 is 0. The predicted octanol–water partition coefficient (Wildman–Crippen LogP) is 5.70. The average molecular weight is 494 g/mol. The van der Waals surface area contributed by atoms with Crippen LogP contribution in [0.15, 0.2) is 42.5 Å². The van der Waals surface area contributed by atoms with E-state index in [0.717, 1.165) is 32.1 Å². The van der Waals surface area contributed by atoms with Gasteiger partial charge in [0.15, 0.2) is 5.78 Å². The molecule has 1 fully saturated rings. The molecule has 0 bridgehead atoms. The third kappa shape index (κ3) is 6.11. The number of allylic oxidation sites excluding steroid dienone is 2. The van der Waals surface area contributed by atoms with Crippen molar-refractivity contribution in [3.05, 3.63) is 53.6 Å². The van der Waals surface area contributed by atoms with E-state index in [1.54, 1.807) is 0 Å². The van der Waals surface area contributed by atoms with Crippen molar-refractivity contribution >= 4 is 41.1 Å². The molecule has 3 rings (SSSR count). The first-order valence-electron chi connectivity index (χ1n) is 10.2. The topological polar surface area (TPSA) is 43.4 Å². The largest absolute Gasteiger partial charge is 0.366 e. The molecule has 152 valence electrons. The van der Waals surface area contributed by atoms with Crippen LogP contribution in [0.3, 0.4) is 0 Å². The van der Waals surface area contributed by atoms with Crippen LogP contribution in [0.4, 0.5) is 0 Å². The molecule has 0 saturated heterocycles. The second kappa shape index (κ2) is 11.1. The Bertz CT molecular complexity index is 742. The van der Waals surface area contributed by atoms with Gasteiger partial charge in [0.25, 0.3) is 0 Å². The van der Waals surface area contributed by atoms with E-state index in [4.69, 9.17) is 4.74 Å². The van der Waals surface area contributed by atoms with Crippen molar-refractivity contribution in [2.75, 3.05) is 6.61 Å². The molecule has 2 aliphatic rings. The van der Waals surface area contributed by atoms with E-state index < -0.39 is 0 Å². The third-order valence-corrected chi connectivity index (χ3v) is 5.84. The smallest absolute Gasteiger partial charge is 0.161 e. The van der Waals surface area contributed by atoms with E-state index in [0.29, 0.717) is 12.2 Å². The van der Waals surface area contributed by atoms with Gasteiger partial charge < -0.3 is 4.74 Å². The van der Waals surface area contributed by atoms with Crippen molar-refractivity contribution in [2.24, 2.45) is 11.8 Å². The Kier molecular flexibility index (Phi) is 9.09. The number of ketones is 2. The van der Waals surface area contributed by atoms with Gasteiger partial charge in [0.1, 0.15) is 12.4 Å². The Morgan fingerprint density at radius 3 is 2.32 bits per heavy atom. The van der Waals surface area contributed by atoms with Crippen LogP contribution < -0.4 is 0 Å². The minimum Gasteiger partial charge on any atom is -0.366 e. The van der Waals surface area contributed by atoms with Crippen molar-refractivity contribution in [1.29, 1.82) is 0 Å². The van der Waals surface area contributed by atoms with E-state index in [-0.39, 0.29) is 54.3 Å². The Hall–Kier alpha value is -1.27. The molecule has 0 amide bonds. The van der Waals surface area contributed by atoms with Gasteiger partial charge in [-0.15, -0.1) is 24.0 Å². The monoisotopic (exact) mass is 494 g/mol. The molecule has 1 atom stereocenters. The molecule has 1 aromatic rings. The molecule has 0 heterocycles. The second-order valence-corrected chi connectivity index (χ2v) is 7.81. The minimum absolute atomic E-state index is 0. The van der Waals surface area contributed by atoms with Crippen LogP contribution >= 0.6 is 24.0 Å². The first-order chi connectivity index (χ1) is 13.1. The molecule has 1 unspecified atom stereocenters. The van der Waals surface area contributed by atoms with Crippen molar-refractivity contribution < 1.29 is 14.3 Å². The Balaban J connectivity index is 0.00000280. The molecule has 1 saturated carbocycles. The lowest BCUT2D eigenvalue weighted by atomic mass is 9.78. The molecule has 0 N–H and O–H groups in total. The molecule has 3 nitrogen and oxygen atoms in total. The summed E-state index contributed by atoms with van der Waals surface area (Å²) < 4.78 is 5.85. The average Bonchev–Trinajstić information content (AvgIpc) is 2.72. The van der Waals surface area contributed by atoms with Gasteiger partial charge in [0.2, 0.25) is 0 Å². The zero-order valence-electron chi connectivity index (χ0n) is 16.9. The highest BCUT2D eigenvalue weighted by Gasteiger charge is 2.29. The van der Waals surface area contributed by atoms with Crippen molar-refractivity contribution in [3.8, 4) is 0 Å². The van der Waals surface area contributed by atoms with Gasteiger partial charge >= 0.3 is 0 Å². The van der Waals surface area contributed by atoms with Gasteiger partial charge in [-0.05, 0) is 50.2 Å². The summed E-state index contributed by atoms with van der Waals surface area (Å²) in [4.78, 5) is 24.3. The number of aryl methyl sites for hydroxylation is 1. The number of hydrogen-bond donors (Lipinski definition) is 0. The number of ether oxygens (including phenoxy) is 1. The molecule has 0 aromatic heterocycles. The molecule has 28 heavy (non-hydrogen) atoms. The third-order valence-electron chi connectivity index (χ3n) is 5.84. The Morgan fingerprint density at radius 1 is 1.07 bits per heavy atom. The molecule has 0 spiro atoms. The standard InChI is InChI=1S/C24H30O3.HI/c1-3-23(25)19-7-9-20(10-8-19)24(26)16-27-22-13-11-18(12-14-22)21-6-4-5-17(2)15-21;/h4-6,11-13,15,19-20,22H,3,7-10,14,16H2,1-2H3;1H. The number of hydrogen-bond acceptors (Lipinski definition) is 3. The zero-order chi connectivity index (χ0) is 19.2. The summed E-state index contributed by atoms with van der Waals surface area (Å²) in [7, 11) is 0. The zero-order valence-corrected chi connectivity index (χ0v) is 19.2. The van der Waals surface area contributed by atoms with E-state index in [9.17, 15) is 9.59 Å². The maximum atomic E-state index is 12.5.